The summed E-state index contributed by atoms with van der Waals surface area (Å²) in [5.41, 5.74) is 8.67. The zero-order valence-electron chi connectivity index (χ0n) is 19.5. The molecule has 178 valence electrons. The van der Waals surface area contributed by atoms with Crippen LogP contribution in [-0.2, 0) is 17.8 Å². The maximum atomic E-state index is 14.3. The Morgan fingerprint density at radius 1 is 1.03 bits per heavy atom. The van der Waals surface area contributed by atoms with E-state index in [0.717, 1.165) is 36.3 Å². The first-order valence-corrected chi connectivity index (χ1v) is 11.0. The van der Waals surface area contributed by atoms with Crippen molar-refractivity contribution in [3.63, 3.8) is 0 Å². The first kappa shape index (κ1) is 27.6. The molecule has 0 aromatic heterocycles. The summed E-state index contributed by atoms with van der Waals surface area (Å²) < 4.78 is 19.8. The van der Waals surface area contributed by atoms with Crippen molar-refractivity contribution in [3.05, 3.63) is 59.4 Å². The van der Waals surface area contributed by atoms with Crippen LogP contribution in [0.2, 0.25) is 0 Å². The number of carbonyl (C=O) groups excluding carboxylic acids is 1. The number of benzene rings is 2. The van der Waals surface area contributed by atoms with E-state index in [0.29, 0.717) is 25.2 Å². The maximum Gasteiger partial charge on any atom is 0.410 e. The van der Waals surface area contributed by atoms with Gasteiger partial charge in [0.1, 0.15) is 11.4 Å². The Kier molecular flexibility index (Phi) is 10.8. The Morgan fingerprint density at radius 2 is 1.69 bits per heavy atom. The van der Waals surface area contributed by atoms with Crippen molar-refractivity contribution < 1.29 is 13.9 Å². The fourth-order valence-corrected chi connectivity index (χ4v) is 3.43. The van der Waals surface area contributed by atoms with Crippen LogP contribution in [0.4, 0.5) is 9.18 Å². The van der Waals surface area contributed by atoms with Crippen LogP contribution < -0.4 is 5.73 Å². The number of nitrogens with zero attached hydrogens (tertiary/aromatic N) is 2. The van der Waals surface area contributed by atoms with Gasteiger partial charge in [0.05, 0.1) is 0 Å². The van der Waals surface area contributed by atoms with Gasteiger partial charge in [-0.05, 0) is 55.7 Å². The van der Waals surface area contributed by atoms with Crippen LogP contribution in [0.3, 0.4) is 0 Å². The molecule has 1 aliphatic rings. The van der Waals surface area contributed by atoms with Gasteiger partial charge in [-0.15, -0.1) is 0 Å². The number of halogens is 1. The molecule has 5 nitrogen and oxygen atoms in total. The fraction of sp³-hybridized carbons (Fsp3) is 0.500. The van der Waals surface area contributed by atoms with Gasteiger partial charge in [-0.2, -0.15) is 0 Å². The molecule has 0 bridgehead atoms. The molecule has 0 spiro atoms. The Bertz CT molecular complexity index is 856. The number of ether oxygens (including phenoxy) is 1. The quantitative estimate of drug-likeness (QED) is 0.659. The largest absolute Gasteiger partial charge is 0.444 e. The predicted octanol–water partition coefficient (Wildman–Crippen LogP) is 5.67. The third-order valence-electron chi connectivity index (χ3n) is 4.93. The number of amides is 1. The molecule has 2 N–H and O–H groups in total. The molecule has 1 aliphatic heterocycles. The standard InChI is InChI=1S/C23H30FN3O2.C2H6.CH4/c1-23(2,3)29-22(28)27-11-9-26(10-12-27)16-18-5-4-6-19(13-18)20-14-17(15-25)7-8-21(20)24;1-2;/h4-8,13-14H,9-12,15-16,25H2,1-3H3;1-2H3;1H4. The average molecular weight is 446 g/mol. The minimum Gasteiger partial charge on any atom is -0.444 e. The van der Waals surface area contributed by atoms with E-state index in [1.54, 1.807) is 11.0 Å². The van der Waals surface area contributed by atoms with Crippen molar-refractivity contribution >= 4 is 6.09 Å². The highest BCUT2D eigenvalue weighted by molar-refractivity contribution is 5.68. The minimum absolute atomic E-state index is 0. The van der Waals surface area contributed by atoms with Gasteiger partial charge in [0.15, 0.2) is 0 Å². The molecule has 1 saturated heterocycles. The molecular formula is C26H40FN3O2. The van der Waals surface area contributed by atoms with Crippen molar-refractivity contribution in [1.82, 2.24) is 9.80 Å². The van der Waals surface area contributed by atoms with E-state index in [4.69, 9.17) is 10.5 Å². The van der Waals surface area contributed by atoms with Crippen LogP contribution in [-0.4, -0.2) is 47.7 Å². The van der Waals surface area contributed by atoms with Gasteiger partial charge in [0.25, 0.3) is 0 Å². The monoisotopic (exact) mass is 445 g/mol. The summed E-state index contributed by atoms with van der Waals surface area (Å²) in [4.78, 5) is 16.3. The summed E-state index contributed by atoms with van der Waals surface area (Å²) in [5, 5.41) is 0. The third kappa shape index (κ3) is 7.92. The number of hydrogen-bond acceptors (Lipinski definition) is 4. The van der Waals surface area contributed by atoms with Crippen molar-refractivity contribution in [1.29, 1.82) is 0 Å². The summed E-state index contributed by atoms with van der Waals surface area (Å²) >= 11 is 0. The normalized spacial score (nSPS) is 14.2. The molecule has 6 heteroatoms. The first-order chi connectivity index (χ1) is 14.7. The van der Waals surface area contributed by atoms with Gasteiger partial charge >= 0.3 is 6.09 Å². The molecule has 32 heavy (non-hydrogen) atoms. The van der Waals surface area contributed by atoms with E-state index in [1.165, 1.54) is 6.07 Å². The molecule has 0 unspecified atom stereocenters. The lowest BCUT2D eigenvalue weighted by molar-refractivity contribution is 0.0139. The van der Waals surface area contributed by atoms with Crippen molar-refractivity contribution in [2.75, 3.05) is 26.2 Å². The van der Waals surface area contributed by atoms with E-state index in [1.807, 2.05) is 58.9 Å². The van der Waals surface area contributed by atoms with E-state index in [2.05, 4.69) is 11.0 Å². The van der Waals surface area contributed by atoms with Crippen molar-refractivity contribution in [3.8, 4) is 11.1 Å². The molecule has 0 atom stereocenters. The third-order valence-corrected chi connectivity index (χ3v) is 4.93. The molecule has 3 rings (SSSR count). The fourth-order valence-electron chi connectivity index (χ4n) is 3.43. The Morgan fingerprint density at radius 3 is 2.28 bits per heavy atom. The molecule has 2 aromatic carbocycles. The molecule has 0 saturated carbocycles. The van der Waals surface area contributed by atoms with Crippen LogP contribution in [0.1, 0.15) is 53.2 Å². The SMILES string of the molecule is C.CC.CC(C)(C)OC(=O)N1CCN(Cc2cccc(-c3cc(CN)ccc3F)c2)CC1. The zero-order chi connectivity index (χ0) is 23.0. The number of piperazine rings is 1. The van der Waals surface area contributed by atoms with Gasteiger partial charge < -0.3 is 15.4 Å². The molecule has 0 aliphatic carbocycles. The summed E-state index contributed by atoms with van der Waals surface area (Å²) in [6.45, 7) is 13.6. The second-order valence-corrected chi connectivity index (χ2v) is 8.46. The zero-order valence-corrected chi connectivity index (χ0v) is 19.5. The summed E-state index contributed by atoms with van der Waals surface area (Å²) in [7, 11) is 0. The van der Waals surface area contributed by atoms with Crippen LogP contribution in [0.5, 0.6) is 0 Å². The molecule has 2 aromatic rings. The van der Waals surface area contributed by atoms with Gasteiger partial charge in [0.2, 0.25) is 0 Å². The predicted molar refractivity (Wildman–Crippen MR) is 131 cm³/mol. The Hall–Kier alpha value is -2.44. The van der Waals surface area contributed by atoms with E-state index < -0.39 is 5.60 Å². The minimum atomic E-state index is -0.481. The Labute approximate surface area is 193 Å². The molecule has 1 fully saturated rings. The van der Waals surface area contributed by atoms with Gasteiger partial charge in [-0.3, -0.25) is 4.90 Å². The van der Waals surface area contributed by atoms with Crippen LogP contribution in [0, 0.1) is 5.82 Å². The van der Waals surface area contributed by atoms with Crippen molar-refractivity contribution in [2.24, 2.45) is 5.73 Å². The van der Waals surface area contributed by atoms with E-state index in [9.17, 15) is 9.18 Å². The lowest BCUT2D eigenvalue weighted by Gasteiger charge is -2.35. The number of nitrogens with two attached hydrogens (primary N) is 1. The number of hydrogen-bond donors (Lipinski definition) is 1. The topological polar surface area (TPSA) is 58.8 Å². The van der Waals surface area contributed by atoms with Gasteiger partial charge in [0, 0.05) is 44.8 Å². The molecular weight excluding hydrogens is 405 g/mol. The second kappa shape index (κ2) is 12.6. The van der Waals surface area contributed by atoms with Crippen LogP contribution in [0.25, 0.3) is 11.1 Å². The molecule has 1 amide bonds. The summed E-state index contributed by atoms with van der Waals surface area (Å²) in [6, 6.07) is 13.0. The lowest BCUT2D eigenvalue weighted by Crippen LogP contribution is -2.49. The van der Waals surface area contributed by atoms with Crippen LogP contribution >= 0.6 is 0 Å². The first-order valence-electron chi connectivity index (χ1n) is 11.0. The van der Waals surface area contributed by atoms with Crippen molar-refractivity contribution in [2.45, 2.75) is 60.7 Å². The summed E-state index contributed by atoms with van der Waals surface area (Å²) in [5.74, 6) is -0.245. The second-order valence-electron chi connectivity index (χ2n) is 8.46. The molecule has 0 radical (unpaired) electrons. The Balaban J connectivity index is 0.00000166. The highest BCUT2D eigenvalue weighted by Gasteiger charge is 2.25. The maximum absolute atomic E-state index is 14.3. The molecule has 1 heterocycles. The highest BCUT2D eigenvalue weighted by Crippen LogP contribution is 2.25. The van der Waals surface area contributed by atoms with Gasteiger partial charge in [-0.25, -0.2) is 9.18 Å². The average Bonchev–Trinajstić information content (AvgIpc) is 2.75. The van der Waals surface area contributed by atoms with E-state index >= 15 is 0 Å². The lowest BCUT2D eigenvalue weighted by atomic mass is 10.00. The van der Waals surface area contributed by atoms with E-state index in [-0.39, 0.29) is 19.3 Å². The number of rotatable bonds is 4. The van der Waals surface area contributed by atoms with Crippen LogP contribution in [0.15, 0.2) is 42.5 Å². The summed E-state index contributed by atoms with van der Waals surface area (Å²) in [6.07, 6.45) is -0.255. The highest BCUT2D eigenvalue weighted by atomic mass is 19.1. The van der Waals surface area contributed by atoms with Gasteiger partial charge in [-0.1, -0.05) is 45.5 Å². The number of carbonyl (C=O) groups is 1. The smallest absolute Gasteiger partial charge is 0.410 e.